The molecule has 1 aliphatic heterocycles. The van der Waals surface area contributed by atoms with Crippen LogP contribution in [0, 0.1) is 0 Å². The summed E-state index contributed by atoms with van der Waals surface area (Å²) in [6.45, 7) is 3.43. The van der Waals surface area contributed by atoms with E-state index in [4.69, 9.17) is 16.5 Å². The van der Waals surface area contributed by atoms with Crippen molar-refractivity contribution in [1.82, 2.24) is 9.57 Å². The molecule has 29 heavy (non-hydrogen) atoms. The molecule has 2 aromatic carbocycles. The highest BCUT2D eigenvalue weighted by Crippen LogP contribution is 2.61. The summed E-state index contributed by atoms with van der Waals surface area (Å²) in [4.78, 5) is 2.52. The lowest BCUT2D eigenvalue weighted by Gasteiger charge is -2.36. The summed E-state index contributed by atoms with van der Waals surface area (Å²) in [5.41, 5.74) is 4.06. The quantitative estimate of drug-likeness (QED) is 0.647. The van der Waals surface area contributed by atoms with Crippen molar-refractivity contribution >= 4 is 29.4 Å². The number of rotatable bonds is 5. The number of nitrogens with zero attached hydrogens (tertiary/aromatic N) is 2. The Morgan fingerprint density at radius 1 is 0.931 bits per heavy atom. The van der Waals surface area contributed by atoms with Crippen LogP contribution in [0.3, 0.4) is 0 Å². The fourth-order valence-corrected chi connectivity index (χ4v) is 8.01. The molecule has 0 bridgehead atoms. The second-order valence-corrected chi connectivity index (χ2v) is 12.3. The highest BCUT2D eigenvalue weighted by atomic mass is 32.4. The van der Waals surface area contributed by atoms with Crippen LogP contribution in [0.2, 0.25) is 0 Å². The van der Waals surface area contributed by atoms with Gasteiger partial charge >= 0.3 is 0 Å². The van der Waals surface area contributed by atoms with Gasteiger partial charge in [-0.3, -0.25) is 4.67 Å². The smallest absolute Gasteiger partial charge is 0.0686 e. The van der Waals surface area contributed by atoms with Gasteiger partial charge in [-0.25, -0.2) is 0 Å². The zero-order chi connectivity index (χ0) is 20.3. The third kappa shape index (κ3) is 4.13. The van der Waals surface area contributed by atoms with Crippen LogP contribution in [0.4, 0.5) is 0 Å². The van der Waals surface area contributed by atoms with Crippen LogP contribution >= 0.6 is 6.19 Å². The first kappa shape index (κ1) is 20.6. The van der Waals surface area contributed by atoms with Gasteiger partial charge in [-0.05, 0) is 44.1 Å². The van der Waals surface area contributed by atoms with Gasteiger partial charge in [0.05, 0.1) is 19.4 Å². The Labute approximate surface area is 179 Å². The van der Waals surface area contributed by atoms with Gasteiger partial charge in [0.25, 0.3) is 0 Å². The van der Waals surface area contributed by atoms with Crippen molar-refractivity contribution in [2.45, 2.75) is 12.8 Å². The molecule has 4 rings (SSSR count). The molecule has 1 heterocycles. The molecule has 1 saturated heterocycles. The molecule has 0 saturated carbocycles. The molecule has 2 aromatic rings. The lowest BCUT2D eigenvalue weighted by Crippen LogP contribution is -2.36. The van der Waals surface area contributed by atoms with Crippen molar-refractivity contribution in [1.29, 1.82) is 0 Å². The molecule has 2 aliphatic rings. The van der Waals surface area contributed by atoms with Crippen LogP contribution in [-0.2, 0) is 16.5 Å². The predicted octanol–water partition coefficient (Wildman–Crippen LogP) is 4.69. The number of hydrogen-bond donors (Lipinski definition) is 0. The van der Waals surface area contributed by atoms with E-state index in [9.17, 15) is 0 Å². The highest BCUT2D eigenvalue weighted by Gasteiger charge is 2.36. The molecular formula is C24H29N2OPS. The van der Waals surface area contributed by atoms with E-state index < -0.39 is 6.19 Å². The summed E-state index contributed by atoms with van der Waals surface area (Å²) in [5.74, 6) is 0. The first-order chi connectivity index (χ1) is 14.1. The lowest BCUT2D eigenvalue weighted by molar-refractivity contribution is 0.0548. The highest BCUT2D eigenvalue weighted by molar-refractivity contribution is 8.19. The molecule has 0 radical (unpaired) electrons. The summed E-state index contributed by atoms with van der Waals surface area (Å²) < 4.78 is 7.96. The van der Waals surface area contributed by atoms with Gasteiger partial charge in [-0.2, -0.15) is 0 Å². The summed E-state index contributed by atoms with van der Waals surface area (Å²) >= 11 is 6.51. The van der Waals surface area contributed by atoms with E-state index in [1.54, 1.807) is 0 Å². The molecule has 5 heteroatoms. The molecular weight excluding hydrogens is 395 g/mol. The van der Waals surface area contributed by atoms with Crippen molar-refractivity contribution in [2.75, 3.05) is 40.4 Å². The molecule has 0 aromatic heterocycles. The van der Waals surface area contributed by atoms with E-state index in [0.29, 0.717) is 0 Å². The maximum Gasteiger partial charge on any atom is 0.0686 e. The Morgan fingerprint density at radius 3 is 2.17 bits per heavy atom. The van der Waals surface area contributed by atoms with Gasteiger partial charge in [0.15, 0.2) is 0 Å². The first-order valence-electron chi connectivity index (χ1n) is 10.3. The minimum Gasteiger partial charge on any atom is -0.378 e. The Bertz CT molecular complexity index is 947. The Morgan fingerprint density at radius 2 is 1.55 bits per heavy atom. The van der Waals surface area contributed by atoms with Crippen LogP contribution < -0.4 is 5.30 Å². The van der Waals surface area contributed by atoms with Crippen LogP contribution in [-0.4, -0.2) is 50.0 Å². The van der Waals surface area contributed by atoms with E-state index in [1.807, 2.05) is 0 Å². The third-order valence-electron chi connectivity index (χ3n) is 5.71. The van der Waals surface area contributed by atoms with Gasteiger partial charge in [-0.1, -0.05) is 72.5 Å². The molecule has 0 N–H and O–H groups in total. The predicted molar refractivity (Wildman–Crippen MR) is 127 cm³/mol. The van der Waals surface area contributed by atoms with E-state index in [-0.39, 0.29) is 0 Å². The van der Waals surface area contributed by atoms with Crippen LogP contribution in [0.5, 0.6) is 0 Å². The van der Waals surface area contributed by atoms with Gasteiger partial charge in [0.1, 0.15) is 0 Å². The van der Waals surface area contributed by atoms with Gasteiger partial charge in [0, 0.05) is 29.4 Å². The minimum atomic E-state index is -2.03. The molecule has 152 valence electrons. The monoisotopic (exact) mass is 424 g/mol. The fraction of sp³-hybridized carbons (Fsp3) is 0.333. The summed E-state index contributed by atoms with van der Waals surface area (Å²) in [5, 5.41) is 2.73. The van der Waals surface area contributed by atoms with Crippen LogP contribution in [0.15, 0.2) is 77.2 Å². The number of morpholine rings is 1. The first-order valence-corrected chi connectivity index (χ1v) is 13.0. The van der Waals surface area contributed by atoms with Gasteiger partial charge in [-0.15, -0.1) is 0 Å². The zero-order valence-electron chi connectivity index (χ0n) is 17.3. The fourth-order valence-electron chi connectivity index (χ4n) is 4.29. The summed E-state index contributed by atoms with van der Waals surface area (Å²) in [6.07, 6.45) is 2.42. The van der Waals surface area contributed by atoms with Crippen LogP contribution in [0.1, 0.15) is 18.4 Å². The van der Waals surface area contributed by atoms with Crippen molar-refractivity contribution < 1.29 is 4.74 Å². The second kappa shape index (κ2) is 8.97. The number of allylic oxidation sites excluding steroid dienone is 2. The molecule has 1 aliphatic carbocycles. The Kier molecular flexibility index (Phi) is 6.36. The Balaban J connectivity index is 1.87. The summed E-state index contributed by atoms with van der Waals surface area (Å²) in [6, 6.07) is 21.4. The molecule has 1 fully saturated rings. The molecule has 0 amide bonds. The van der Waals surface area contributed by atoms with E-state index in [1.165, 1.54) is 27.5 Å². The average molecular weight is 425 g/mol. The van der Waals surface area contributed by atoms with Gasteiger partial charge < -0.3 is 9.64 Å². The van der Waals surface area contributed by atoms with Crippen molar-refractivity contribution in [3.05, 3.63) is 82.8 Å². The number of benzene rings is 2. The van der Waals surface area contributed by atoms with Crippen molar-refractivity contribution in [3.8, 4) is 0 Å². The average Bonchev–Trinajstić information content (AvgIpc) is 3.19. The second-order valence-electron chi connectivity index (χ2n) is 7.73. The van der Waals surface area contributed by atoms with Crippen LogP contribution in [0.25, 0.3) is 6.08 Å². The van der Waals surface area contributed by atoms with Crippen molar-refractivity contribution in [2.24, 2.45) is 0 Å². The molecule has 1 unspecified atom stereocenters. The molecule has 1 atom stereocenters. The molecule has 0 spiro atoms. The third-order valence-corrected chi connectivity index (χ3v) is 11.3. The maximum atomic E-state index is 6.51. The summed E-state index contributed by atoms with van der Waals surface area (Å²) in [7, 11) is 4.30. The largest absolute Gasteiger partial charge is 0.378 e. The Hall–Kier alpha value is -1.71. The number of hydrogen-bond acceptors (Lipinski definition) is 3. The molecule has 3 nitrogen and oxygen atoms in total. The van der Waals surface area contributed by atoms with E-state index in [2.05, 4.69) is 90.4 Å². The number of ether oxygens (including phenoxy) is 1. The van der Waals surface area contributed by atoms with Crippen molar-refractivity contribution in [3.63, 3.8) is 0 Å². The normalized spacial score (nSPS) is 21.1. The standard InChI is InChI=1S/C24H29N2OPS/c1-25(2)28(29,22-11-7-4-8-12-22)23-14-13-21(19-20-9-5-3-6-10-20)24(23)26-15-17-27-18-16-26/h3-12,19H,13-18H2,1-2H3. The zero-order valence-corrected chi connectivity index (χ0v) is 19.0. The van der Waals surface area contributed by atoms with E-state index >= 15 is 0 Å². The minimum absolute atomic E-state index is 0.783. The maximum absolute atomic E-state index is 6.51. The van der Waals surface area contributed by atoms with Gasteiger partial charge in [0.2, 0.25) is 0 Å². The van der Waals surface area contributed by atoms with E-state index in [0.717, 1.165) is 39.1 Å². The lowest BCUT2D eigenvalue weighted by atomic mass is 10.1. The SMILES string of the molecule is CN(C)P(=S)(C1=C(N2CCOCC2)C(=Cc2ccccc2)CC1)c1ccccc1. The topological polar surface area (TPSA) is 15.7 Å².